The Morgan fingerprint density at radius 3 is 1.81 bits per heavy atom. The lowest BCUT2D eigenvalue weighted by atomic mass is 9.99. The first-order valence-electron chi connectivity index (χ1n) is 9.25. The summed E-state index contributed by atoms with van der Waals surface area (Å²) in [5.74, 6) is 2.20. The van der Waals surface area contributed by atoms with Gasteiger partial charge in [0.2, 0.25) is 0 Å². The second-order valence-corrected chi connectivity index (χ2v) is 6.66. The average molecular weight is 374 g/mol. The molecule has 0 saturated carbocycles. The molecule has 0 unspecified atom stereocenters. The van der Waals surface area contributed by atoms with Gasteiger partial charge in [0.25, 0.3) is 0 Å². The number of aliphatic hydroxyl groups excluding tert-OH is 2. The van der Waals surface area contributed by atoms with Gasteiger partial charge >= 0.3 is 0 Å². The average Bonchev–Trinajstić information content (AvgIpc) is 2.70. The summed E-state index contributed by atoms with van der Waals surface area (Å²) in [6.07, 6.45) is 2.02. The number of benzene rings is 2. The smallest absolute Gasteiger partial charge is 0.160 e. The summed E-state index contributed by atoms with van der Waals surface area (Å²) < 4.78 is 15.7. The fourth-order valence-corrected chi connectivity index (χ4v) is 3.04. The summed E-state index contributed by atoms with van der Waals surface area (Å²) in [6.45, 7) is 0. The third kappa shape index (κ3) is 6.77. The molecule has 2 atom stereocenters. The molecule has 2 N–H and O–H groups in total. The Kier molecular flexibility index (Phi) is 8.43. The van der Waals surface area contributed by atoms with E-state index in [0.29, 0.717) is 37.2 Å². The molecule has 0 aliphatic heterocycles. The molecule has 0 aliphatic carbocycles. The van der Waals surface area contributed by atoms with E-state index in [1.165, 1.54) is 0 Å². The fraction of sp³-hybridized carbons (Fsp3) is 0.455. The minimum absolute atomic E-state index is 0.378. The lowest BCUT2D eigenvalue weighted by Gasteiger charge is -2.16. The van der Waals surface area contributed by atoms with Crippen LogP contribution >= 0.6 is 0 Å². The van der Waals surface area contributed by atoms with Crippen LogP contribution in [0.3, 0.4) is 0 Å². The molecule has 0 aliphatic rings. The first-order valence-corrected chi connectivity index (χ1v) is 9.25. The van der Waals surface area contributed by atoms with Crippen molar-refractivity contribution in [3.05, 3.63) is 53.6 Å². The molecule has 0 bridgehead atoms. The maximum atomic E-state index is 10.2. The van der Waals surface area contributed by atoms with Crippen molar-refractivity contribution < 1.29 is 24.4 Å². The Bertz CT molecular complexity index is 684. The van der Waals surface area contributed by atoms with E-state index in [2.05, 4.69) is 0 Å². The molecule has 5 nitrogen and oxygen atoms in total. The predicted octanol–water partition coefficient (Wildman–Crippen LogP) is 3.39. The van der Waals surface area contributed by atoms with Crippen molar-refractivity contribution in [1.82, 2.24) is 0 Å². The number of hydrogen-bond acceptors (Lipinski definition) is 5. The second-order valence-electron chi connectivity index (χ2n) is 6.66. The zero-order chi connectivity index (χ0) is 19.6. The van der Waals surface area contributed by atoms with Gasteiger partial charge in [-0.05, 0) is 67.5 Å². The van der Waals surface area contributed by atoms with Crippen LogP contribution in [0.15, 0.2) is 42.5 Å². The molecule has 0 aromatic heterocycles. The van der Waals surface area contributed by atoms with Gasteiger partial charge in [0.1, 0.15) is 5.75 Å². The van der Waals surface area contributed by atoms with E-state index < -0.39 is 12.2 Å². The Balaban J connectivity index is 1.75. The van der Waals surface area contributed by atoms with E-state index in [9.17, 15) is 10.2 Å². The van der Waals surface area contributed by atoms with Crippen molar-refractivity contribution in [2.45, 2.75) is 44.3 Å². The number of hydrogen-bond donors (Lipinski definition) is 2. The van der Waals surface area contributed by atoms with Crippen molar-refractivity contribution in [1.29, 1.82) is 0 Å². The van der Waals surface area contributed by atoms with Gasteiger partial charge < -0.3 is 24.4 Å². The van der Waals surface area contributed by atoms with Crippen molar-refractivity contribution in [2.75, 3.05) is 21.3 Å². The van der Waals surface area contributed by atoms with Crippen LogP contribution in [0.1, 0.15) is 30.4 Å². The van der Waals surface area contributed by atoms with Gasteiger partial charge in [-0.15, -0.1) is 0 Å². The molecule has 2 rings (SSSR count). The van der Waals surface area contributed by atoms with E-state index in [4.69, 9.17) is 14.2 Å². The number of aryl methyl sites for hydroxylation is 2. The largest absolute Gasteiger partial charge is 0.497 e. The van der Waals surface area contributed by atoms with Crippen LogP contribution in [0.25, 0.3) is 0 Å². The Morgan fingerprint density at radius 2 is 1.26 bits per heavy atom. The zero-order valence-electron chi connectivity index (χ0n) is 16.4. The highest BCUT2D eigenvalue weighted by atomic mass is 16.5. The van der Waals surface area contributed by atoms with Crippen molar-refractivity contribution >= 4 is 0 Å². The number of methoxy groups -OCH3 is 3. The summed E-state index contributed by atoms with van der Waals surface area (Å²) in [7, 11) is 4.85. The molecule has 5 heteroatoms. The van der Waals surface area contributed by atoms with Gasteiger partial charge in [0.05, 0.1) is 33.5 Å². The molecule has 0 heterocycles. The van der Waals surface area contributed by atoms with Gasteiger partial charge in [0.15, 0.2) is 11.5 Å². The first-order chi connectivity index (χ1) is 13.0. The third-order valence-electron chi connectivity index (χ3n) is 4.68. The number of aliphatic hydroxyl groups is 2. The fourth-order valence-electron chi connectivity index (χ4n) is 3.04. The Morgan fingerprint density at radius 1 is 0.704 bits per heavy atom. The highest BCUT2D eigenvalue weighted by Gasteiger charge is 2.13. The van der Waals surface area contributed by atoms with Gasteiger partial charge in [0, 0.05) is 0 Å². The SMILES string of the molecule is COc1ccc(CC[C@H](O)C[C@@H](O)CCc2ccc(OC)c(OC)c2)cc1. The van der Waals surface area contributed by atoms with E-state index in [1.54, 1.807) is 21.3 Å². The minimum atomic E-state index is -0.538. The summed E-state index contributed by atoms with van der Waals surface area (Å²) >= 11 is 0. The minimum Gasteiger partial charge on any atom is -0.497 e. The normalized spacial score (nSPS) is 13.1. The highest BCUT2D eigenvalue weighted by molar-refractivity contribution is 5.42. The summed E-state index contributed by atoms with van der Waals surface area (Å²) in [5.41, 5.74) is 2.22. The lowest BCUT2D eigenvalue weighted by molar-refractivity contribution is 0.0714. The van der Waals surface area contributed by atoms with Crippen molar-refractivity contribution in [2.24, 2.45) is 0 Å². The quantitative estimate of drug-likeness (QED) is 0.631. The maximum absolute atomic E-state index is 10.2. The van der Waals surface area contributed by atoms with Crippen LogP contribution in [-0.2, 0) is 12.8 Å². The van der Waals surface area contributed by atoms with Crippen LogP contribution in [0.5, 0.6) is 17.2 Å². The molecule has 0 amide bonds. The molecule has 2 aromatic rings. The maximum Gasteiger partial charge on any atom is 0.160 e. The standard InChI is InChI=1S/C22H30O5/c1-25-20-11-6-16(7-12-20)4-9-18(23)15-19(24)10-5-17-8-13-21(26-2)22(14-17)27-3/h6-8,11-14,18-19,23-24H,4-5,9-10,15H2,1-3H3/t18-,19-/m0/s1. The van der Waals surface area contributed by atoms with Crippen LogP contribution in [0.4, 0.5) is 0 Å². The predicted molar refractivity (Wildman–Crippen MR) is 106 cm³/mol. The zero-order valence-corrected chi connectivity index (χ0v) is 16.4. The summed E-state index contributed by atoms with van der Waals surface area (Å²) in [5, 5.41) is 20.4. The van der Waals surface area contributed by atoms with Crippen LogP contribution < -0.4 is 14.2 Å². The molecule has 0 radical (unpaired) electrons. The number of rotatable bonds is 11. The highest BCUT2D eigenvalue weighted by Crippen LogP contribution is 2.28. The Hall–Kier alpha value is -2.24. The van der Waals surface area contributed by atoms with Crippen LogP contribution in [0, 0.1) is 0 Å². The molecule has 0 saturated heterocycles. The van der Waals surface area contributed by atoms with E-state index in [-0.39, 0.29) is 0 Å². The van der Waals surface area contributed by atoms with Gasteiger partial charge in [-0.2, -0.15) is 0 Å². The van der Waals surface area contributed by atoms with Gasteiger partial charge in [-0.25, -0.2) is 0 Å². The topological polar surface area (TPSA) is 68.2 Å². The second kappa shape index (κ2) is 10.8. The summed E-state index contributed by atoms with van der Waals surface area (Å²) in [6, 6.07) is 13.6. The molecular weight excluding hydrogens is 344 g/mol. The Labute approximate surface area is 161 Å². The molecule has 0 spiro atoms. The van der Waals surface area contributed by atoms with Gasteiger partial charge in [-0.1, -0.05) is 18.2 Å². The first kappa shape index (κ1) is 21.1. The molecular formula is C22H30O5. The number of ether oxygens (including phenoxy) is 3. The van der Waals surface area contributed by atoms with E-state index >= 15 is 0 Å². The molecule has 148 valence electrons. The molecule has 0 fully saturated rings. The summed E-state index contributed by atoms with van der Waals surface area (Å²) in [4.78, 5) is 0. The third-order valence-corrected chi connectivity index (χ3v) is 4.68. The lowest BCUT2D eigenvalue weighted by Crippen LogP contribution is -2.19. The molecule has 27 heavy (non-hydrogen) atoms. The van der Waals surface area contributed by atoms with Gasteiger partial charge in [-0.3, -0.25) is 0 Å². The van der Waals surface area contributed by atoms with Crippen molar-refractivity contribution in [3.63, 3.8) is 0 Å². The monoisotopic (exact) mass is 374 g/mol. The molecule has 2 aromatic carbocycles. The van der Waals surface area contributed by atoms with E-state index in [0.717, 1.165) is 23.3 Å². The van der Waals surface area contributed by atoms with Crippen LogP contribution in [0.2, 0.25) is 0 Å². The van der Waals surface area contributed by atoms with E-state index in [1.807, 2.05) is 42.5 Å². The van der Waals surface area contributed by atoms with Crippen LogP contribution in [-0.4, -0.2) is 43.8 Å². The van der Waals surface area contributed by atoms with Crippen molar-refractivity contribution in [3.8, 4) is 17.2 Å².